The van der Waals surface area contributed by atoms with Gasteiger partial charge in [0.25, 0.3) is 0 Å². The van der Waals surface area contributed by atoms with Gasteiger partial charge in [-0.05, 0) is 11.6 Å². The highest BCUT2D eigenvalue weighted by atomic mass is 16.5. The Hall–Kier alpha value is -1.69. The number of ether oxygens (including phenoxy) is 3. The number of aromatic nitrogens is 1. The Bertz CT molecular complexity index is 560. The fourth-order valence-corrected chi connectivity index (χ4v) is 2.05. The van der Waals surface area contributed by atoms with Crippen LogP contribution < -0.4 is 10.5 Å². The van der Waals surface area contributed by atoms with Crippen molar-refractivity contribution in [1.29, 1.82) is 0 Å². The van der Waals surface area contributed by atoms with Gasteiger partial charge < -0.3 is 19.9 Å². The average molecular weight is 290 g/mol. The number of fused-ring (bicyclic) bond motifs is 1. The normalized spacial score (nSPS) is 11.0. The molecule has 2 aromatic rings. The van der Waals surface area contributed by atoms with Gasteiger partial charge in [0.1, 0.15) is 0 Å². The van der Waals surface area contributed by atoms with Crippen molar-refractivity contribution in [2.75, 3.05) is 33.5 Å². The van der Waals surface area contributed by atoms with E-state index in [0.29, 0.717) is 38.9 Å². The molecule has 0 radical (unpaired) electrons. The van der Waals surface area contributed by atoms with Crippen molar-refractivity contribution >= 4 is 10.9 Å². The largest absolute Gasteiger partial charge is 0.478 e. The summed E-state index contributed by atoms with van der Waals surface area (Å²) in [6.07, 6.45) is 0.816. The van der Waals surface area contributed by atoms with Crippen LogP contribution in [0.15, 0.2) is 30.3 Å². The molecular formula is C16H22N2O3. The van der Waals surface area contributed by atoms with Gasteiger partial charge in [0.15, 0.2) is 0 Å². The van der Waals surface area contributed by atoms with Crippen molar-refractivity contribution < 1.29 is 14.2 Å². The van der Waals surface area contributed by atoms with Crippen LogP contribution in [0.25, 0.3) is 10.9 Å². The summed E-state index contributed by atoms with van der Waals surface area (Å²) in [5.74, 6) is 0.617. The average Bonchev–Trinajstić information content (AvgIpc) is 2.53. The third kappa shape index (κ3) is 4.67. The molecule has 2 rings (SSSR count). The Labute approximate surface area is 125 Å². The third-order valence-electron chi connectivity index (χ3n) is 3.11. The maximum Gasteiger partial charge on any atom is 0.214 e. The second kappa shape index (κ2) is 8.56. The molecule has 0 saturated heterocycles. The van der Waals surface area contributed by atoms with Crippen molar-refractivity contribution in [1.82, 2.24) is 4.98 Å². The molecule has 0 aliphatic carbocycles. The summed E-state index contributed by atoms with van der Waals surface area (Å²) in [6, 6.07) is 9.85. The number of hydrogen-bond donors (Lipinski definition) is 1. The summed E-state index contributed by atoms with van der Waals surface area (Å²) >= 11 is 0. The van der Waals surface area contributed by atoms with E-state index in [0.717, 1.165) is 22.9 Å². The summed E-state index contributed by atoms with van der Waals surface area (Å²) < 4.78 is 16.0. The van der Waals surface area contributed by atoms with Crippen molar-refractivity contribution in [3.63, 3.8) is 0 Å². The highest BCUT2D eigenvalue weighted by molar-refractivity contribution is 5.82. The minimum Gasteiger partial charge on any atom is -0.478 e. The fourth-order valence-electron chi connectivity index (χ4n) is 2.05. The number of pyridine rings is 1. The first-order valence-electron chi connectivity index (χ1n) is 7.13. The molecule has 1 aromatic carbocycles. The number of benzene rings is 1. The summed E-state index contributed by atoms with van der Waals surface area (Å²) in [6.45, 7) is 2.93. The zero-order valence-corrected chi connectivity index (χ0v) is 12.4. The lowest BCUT2D eigenvalue weighted by atomic mass is 10.1. The number of nitrogens with two attached hydrogens (primary N) is 1. The first-order valence-corrected chi connectivity index (χ1v) is 7.13. The summed E-state index contributed by atoms with van der Waals surface area (Å²) in [7, 11) is 1.66. The Morgan fingerprint density at radius 3 is 2.76 bits per heavy atom. The van der Waals surface area contributed by atoms with E-state index < -0.39 is 0 Å². The highest BCUT2D eigenvalue weighted by Gasteiger charge is 2.05. The lowest BCUT2D eigenvalue weighted by molar-refractivity contribution is 0.0642. The zero-order chi connectivity index (χ0) is 14.9. The van der Waals surface area contributed by atoms with E-state index in [4.69, 9.17) is 19.9 Å². The van der Waals surface area contributed by atoms with Gasteiger partial charge in [0.05, 0.1) is 25.3 Å². The maximum absolute atomic E-state index is 5.79. The number of hydrogen-bond acceptors (Lipinski definition) is 5. The SMILES string of the molecule is COCCOCCCOc1cc(CN)c2ccccc2n1. The molecule has 1 aromatic heterocycles. The molecule has 0 atom stereocenters. The number of nitrogens with zero attached hydrogens (tertiary/aromatic N) is 1. The first kappa shape index (κ1) is 15.7. The zero-order valence-electron chi connectivity index (χ0n) is 12.4. The number of methoxy groups -OCH3 is 1. The first-order chi connectivity index (χ1) is 10.3. The second-order valence-corrected chi connectivity index (χ2v) is 4.65. The molecule has 21 heavy (non-hydrogen) atoms. The van der Waals surface area contributed by atoms with Crippen molar-refractivity contribution in [3.05, 3.63) is 35.9 Å². The van der Waals surface area contributed by atoms with Crippen LogP contribution in [0.5, 0.6) is 5.88 Å². The van der Waals surface area contributed by atoms with E-state index in [1.807, 2.05) is 30.3 Å². The number of rotatable bonds is 9. The molecule has 1 heterocycles. The Morgan fingerprint density at radius 2 is 1.95 bits per heavy atom. The van der Waals surface area contributed by atoms with Gasteiger partial charge in [-0.15, -0.1) is 0 Å². The molecule has 0 spiro atoms. The van der Waals surface area contributed by atoms with Gasteiger partial charge in [-0.2, -0.15) is 0 Å². The molecule has 0 aliphatic rings. The minimum atomic E-state index is 0.472. The topological polar surface area (TPSA) is 66.6 Å². The Morgan fingerprint density at radius 1 is 1.10 bits per heavy atom. The summed E-state index contributed by atoms with van der Waals surface area (Å²) in [5, 5.41) is 1.08. The van der Waals surface area contributed by atoms with E-state index >= 15 is 0 Å². The van der Waals surface area contributed by atoms with Gasteiger partial charge in [0, 0.05) is 38.1 Å². The van der Waals surface area contributed by atoms with Crippen LogP contribution in [-0.4, -0.2) is 38.5 Å². The summed E-state index contributed by atoms with van der Waals surface area (Å²) in [5.41, 5.74) is 7.75. The molecule has 2 N–H and O–H groups in total. The van der Waals surface area contributed by atoms with Crippen LogP contribution in [0.4, 0.5) is 0 Å². The van der Waals surface area contributed by atoms with Gasteiger partial charge >= 0.3 is 0 Å². The van der Waals surface area contributed by atoms with Crippen LogP contribution in [-0.2, 0) is 16.0 Å². The van der Waals surface area contributed by atoms with E-state index in [1.54, 1.807) is 7.11 Å². The van der Waals surface area contributed by atoms with Crippen molar-refractivity contribution in [3.8, 4) is 5.88 Å². The van der Waals surface area contributed by atoms with Gasteiger partial charge in [0.2, 0.25) is 5.88 Å². The predicted octanol–water partition coefficient (Wildman–Crippen LogP) is 2.13. The smallest absolute Gasteiger partial charge is 0.214 e. The number of para-hydroxylation sites is 1. The van der Waals surface area contributed by atoms with Gasteiger partial charge in [-0.25, -0.2) is 4.98 Å². The van der Waals surface area contributed by atoms with E-state index in [-0.39, 0.29) is 0 Å². The van der Waals surface area contributed by atoms with Crippen LogP contribution in [0, 0.1) is 0 Å². The molecule has 0 bridgehead atoms. The van der Waals surface area contributed by atoms with Crippen LogP contribution in [0.1, 0.15) is 12.0 Å². The fraction of sp³-hybridized carbons (Fsp3) is 0.438. The maximum atomic E-state index is 5.79. The lowest BCUT2D eigenvalue weighted by Gasteiger charge is -2.10. The van der Waals surface area contributed by atoms with E-state index in [2.05, 4.69) is 4.98 Å². The van der Waals surface area contributed by atoms with Crippen LogP contribution in [0.2, 0.25) is 0 Å². The van der Waals surface area contributed by atoms with Crippen molar-refractivity contribution in [2.45, 2.75) is 13.0 Å². The van der Waals surface area contributed by atoms with Crippen LogP contribution in [0.3, 0.4) is 0 Å². The Kier molecular flexibility index (Phi) is 6.40. The third-order valence-corrected chi connectivity index (χ3v) is 3.11. The monoisotopic (exact) mass is 290 g/mol. The molecule has 114 valence electrons. The highest BCUT2D eigenvalue weighted by Crippen LogP contribution is 2.21. The Balaban J connectivity index is 1.87. The second-order valence-electron chi connectivity index (χ2n) is 4.65. The molecule has 0 amide bonds. The molecule has 5 nitrogen and oxygen atoms in total. The molecule has 0 fully saturated rings. The van der Waals surface area contributed by atoms with Crippen LogP contribution >= 0.6 is 0 Å². The standard InChI is InChI=1S/C16H22N2O3/c1-19-9-10-20-7-4-8-21-16-11-13(12-17)14-5-2-3-6-15(14)18-16/h2-3,5-6,11H,4,7-10,12,17H2,1H3. The van der Waals surface area contributed by atoms with E-state index in [1.165, 1.54) is 0 Å². The molecule has 0 saturated carbocycles. The van der Waals surface area contributed by atoms with E-state index in [9.17, 15) is 0 Å². The minimum absolute atomic E-state index is 0.472. The summed E-state index contributed by atoms with van der Waals surface area (Å²) in [4.78, 5) is 4.49. The van der Waals surface area contributed by atoms with Gasteiger partial charge in [-0.1, -0.05) is 18.2 Å². The lowest BCUT2D eigenvalue weighted by Crippen LogP contribution is -2.08. The quantitative estimate of drug-likeness (QED) is 0.717. The molecule has 5 heteroatoms. The molecular weight excluding hydrogens is 268 g/mol. The van der Waals surface area contributed by atoms with Crippen molar-refractivity contribution in [2.24, 2.45) is 5.73 Å². The van der Waals surface area contributed by atoms with Gasteiger partial charge in [-0.3, -0.25) is 0 Å². The predicted molar refractivity (Wildman–Crippen MR) is 82.4 cm³/mol. The molecule has 0 aliphatic heterocycles. The molecule has 0 unspecified atom stereocenters.